The minimum atomic E-state index is -0.406. The molecule has 29 heavy (non-hydrogen) atoms. The molecule has 2 aromatic carbocycles. The van der Waals surface area contributed by atoms with E-state index >= 15 is 0 Å². The fraction of sp³-hybridized carbons (Fsp3) is 0.238. The van der Waals surface area contributed by atoms with Crippen molar-refractivity contribution in [2.45, 2.75) is 12.3 Å². The zero-order valence-corrected chi connectivity index (χ0v) is 16.2. The molecule has 0 saturated carbocycles. The van der Waals surface area contributed by atoms with Gasteiger partial charge in [0.05, 0.1) is 32.7 Å². The summed E-state index contributed by atoms with van der Waals surface area (Å²) in [5.41, 5.74) is 1.74. The average Bonchev–Trinajstić information content (AvgIpc) is 3.15. The molecule has 1 aliphatic rings. The van der Waals surface area contributed by atoms with Gasteiger partial charge in [-0.25, -0.2) is 9.37 Å². The highest BCUT2D eigenvalue weighted by Gasteiger charge is 2.32. The lowest BCUT2D eigenvalue weighted by molar-refractivity contribution is -0.116. The number of nitrogens with zero attached hydrogens (tertiary/aromatic N) is 2. The van der Waals surface area contributed by atoms with Crippen LogP contribution in [0.1, 0.15) is 23.6 Å². The quantitative estimate of drug-likeness (QED) is 0.713. The highest BCUT2D eigenvalue weighted by Crippen LogP contribution is 2.44. The largest absolute Gasteiger partial charge is 0.493 e. The first kappa shape index (κ1) is 18.8. The molecular formula is C21H20FN3O4. The van der Waals surface area contributed by atoms with Crippen LogP contribution in [0.2, 0.25) is 0 Å². The van der Waals surface area contributed by atoms with Crippen LogP contribution in [0.15, 0.2) is 42.7 Å². The Balaban J connectivity index is 1.85. The number of nitrogens with one attached hydrogen (secondary N) is 1. The number of carbonyl (C=O) groups excluding carboxylic acids is 1. The topological polar surface area (TPSA) is 74.6 Å². The van der Waals surface area contributed by atoms with Gasteiger partial charge in [0.15, 0.2) is 11.5 Å². The Labute approximate surface area is 167 Å². The summed E-state index contributed by atoms with van der Waals surface area (Å²) < 4.78 is 32.1. The van der Waals surface area contributed by atoms with E-state index in [-0.39, 0.29) is 18.2 Å². The number of hydrogen-bond acceptors (Lipinski definition) is 5. The Bertz CT molecular complexity index is 1050. The van der Waals surface area contributed by atoms with Gasteiger partial charge in [0, 0.05) is 12.3 Å². The summed E-state index contributed by atoms with van der Waals surface area (Å²) in [6, 6.07) is 9.94. The van der Waals surface area contributed by atoms with E-state index in [2.05, 4.69) is 10.3 Å². The maximum atomic E-state index is 14.3. The van der Waals surface area contributed by atoms with E-state index in [1.165, 1.54) is 33.7 Å². The van der Waals surface area contributed by atoms with E-state index < -0.39 is 5.82 Å². The van der Waals surface area contributed by atoms with Crippen molar-refractivity contribution in [2.24, 2.45) is 0 Å². The molecule has 8 heteroatoms. The van der Waals surface area contributed by atoms with Crippen LogP contribution in [0.5, 0.6) is 17.2 Å². The number of halogens is 1. The number of para-hydroxylation sites is 1. The normalized spacial score (nSPS) is 15.4. The smallest absolute Gasteiger partial charge is 0.226 e. The first-order valence-electron chi connectivity index (χ1n) is 8.99. The lowest BCUT2D eigenvalue weighted by Crippen LogP contribution is -2.25. The van der Waals surface area contributed by atoms with Gasteiger partial charge < -0.3 is 19.5 Å². The van der Waals surface area contributed by atoms with Crippen LogP contribution < -0.4 is 19.5 Å². The summed E-state index contributed by atoms with van der Waals surface area (Å²) in [6.45, 7) is 0. The molecule has 1 N–H and O–H groups in total. The maximum Gasteiger partial charge on any atom is 0.226 e. The molecule has 3 aromatic rings. The first-order chi connectivity index (χ1) is 14.1. The molecule has 1 aromatic heterocycles. The lowest BCUT2D eigenvalue weighted by Gasteiger charge is -2.24. The molecular weight excluding hydrogens is 377 g/mol. The lowest BCUT2D eigenvalue weighted by atomic mass is 9.89. The number of anilines is 1. The zero-order valence-electron chi connectivity index (χ0n) is 16.2. The van der Waals surface area contributed by atoms with Crippen molar-refractivity contribution in [1.29, 1.82) is 0 Å². The Morgan fingerprint density at radius 3 is 2.41 bits per heavy atom. The van der Waals surface area contributed by atoms with Gasteiger partial charge in [-0.2, -0.15) is 0 Å². The predicted molar refractivity (Wildman–Crippen MR) is 105 cm³/mol. The number of rotatable bonds is 5. The Kier molecular flexibility index (Phi) is 4.84. The second-order valence-corrected chi connectivity index (χ2v) is 6.56. The highest BCUT2D eigenvalue weighted by atomic mass is 19.1. The van der Waals surface area contributed by atoms with Crippen LogP contribution in [0, 0.1) is 5.82 Å². The number of fused-ring (bicyclic) bond motifs is 1. The van der Waals surface area contributed by atoms with E-state index in [4.69, 9.17) is 14.2 Å². The zero-order chi connectivity index (χ0) is 20.5. The van der Waals surface area contributed by atoms with Crippen molar-refractivity contribution < 1.29 is 23.4 Å². The van der Waals surface area contributed by atoms with Crippen LogP contribution in [-0.2, 0) is 4.79 Å². The van der Waals surface area contributed by atoms with E-state index in [9.17, 15) is 9.18 Å². The van der Waals surface area contributed by atoms with Gasteiger partial charge in [-0.05, 0) is 29.8 Å². The number of methoxy groups -OCH3 is 3. The van der Waals surface area contributed by atoms with Crippen molar-refractivity contribution in [3.05, 3.63) is 59.8 Å². The third-order valence-corrected chi connectivity index (χ3v) is 4.97. The van der Waals surface area contributed by atoms with Crippen molar-refractivity contribution in [3.63, 3.8) is 0 Å². The van der Waals surface area contributed by atoms with Gasteiger partial charge in [-0.3, -0.25) is 9.36 Å². The minimum absolute atomic E-state index is 0.186. The molecule has 1 aliphatic heterocycles. The molecule has 0 aliphatic carbocycles. The first-order valence-corrected chi connectivity index (χ1v) is 8.99. The summed E-state index contributed by atoms with van der Waals surface area (Å²) in [6.07, 6.45) is 1.71. The minimum Gasteiger partial charge on any atom is -0.493 e. The van der Waals surface area contributed by atoms with Gasteiger partial charge in [0.25, 0.3) is 0 Å². The number of ether oxygens (including phenoxy) is 3. The molecule has 0 bridgehead atoms. The van der Waals surface area contributed by atoms with Crippen molar-refractivity contribution in [1.82, 2.24) is 9.55 Å². The van der Waals surface area contributed by atoms with Crippen LogP contribution in [0.25, 0.3) is 5.69 Å². The standard InChI is InChI=1S/C21H20FN3O4/c1-27-16-8-12(9-17(28-2)20(16)29-3)13-10-18(26)24-21-19(13)23-11-25(21)15-7-5-4-6-14(15)22/h4-9,11,13H,10H2,1-3H3,(H,24,26)/t13-/m0/s1. The number of hydrogen-bond donors (Lipinski definition) is 1. The summed E-state index contributed by atoms with van der Waals surface area (Å²) >= 11 is 0. The molecule has 150 valence electrons. The van der Waals surface area contributed by atoms with Gasteiger partial charge in [0.1, 0.15) is 18.0 Å². The Hall–Kier alpha value is -3.55. The van der Waals surface area contributed by atoms with Gasteiger partial charge in [0.2, 0.25) is 11.7 Å². The van der Waals surface area contributed by atoms with Crippen LogP contribution >= 0.6 is 0 Å². The van der Waals surface area contributed by atoms with Crippen LogP contribution in [0.3, 0.4) is 0 Å². The van der Waals surface area contributed by atoms with E-state index in [0.717, 1.165) is 5.56 Å². The molecule has 0 saturated heterocycles. The summed E-state index contributed by atoms with van der Waals surface area (Å²) in [7, 11) is 4.60. The van der Waals surface area contributed by atoms with Crippen molar-refractivity contribution in [3.8, 4) is 22.9 Å². The molecule has 2 heterocycles. The van der Waals surface area contributed by atoms with E-state index in [1.807, 2.05) is 0 Å². The molecule has 0 radical (unpaired) electrons. The average molecular weight is 397 g/mol. The molecule has 7 nitrogen and oxygen atoms in total. The third-order valence-electron chi connectivity index (χ3n) is 4.97. The molecule has 1 atom stereocenters. The predicted octanol–water partition coefficient (Wildman–Crippen LogP) is 3.51. The van der Waals surface area contributed by atoms with Crippen LogP contribution in [0.4, 0.5) is 10.2 Å². The summed E-state index contributed by atoms with van der Waals surface area (Å²) in [5, 5.41) is 2.82. The third kappa shape index (κ3) is 3.16. The molecule has 0 spiro atoms. The number of imidazole rings is 1. The van der Waals surface area contributed by atoms with Crippen LogP contribution in [-0.4, -0.2) is 36.8 Å². The number of carbonyl (C=O) groups is 1. The molecule has 0 fully saturated rings. The van der Waals surface area contributed by atoms with E-state index in [1.54, 1.807) is 34.9 Å². The fourth-order valence-corrected chi connectivity index (χ4v) is 3.61. The van der Waals surface area contributed by atoms with Gasteiger partial charge in [-0.15, -0.1) is 0 Å². The number of benzene rings is 2. The van der Waals surface area contributed by atoms with Gasteiger partial charge >= 0.3 is 0 Å². The molecule has 0 unspecified atom stereocenters. The second kappa shape index (κ2) is 7.46. The fourth-order valence-electron chi connectivity index (χ4n) is 3.61. The summed E-state index contributed by atoms with van der Waals surface area (Å²) in [4.78, 5) is 17.0. The Morgan fingerprint density at radius 1 is 1.10 bits per heavy atom. The van der Waals surface area contributed by atoms with Gasteiger partial charge in [-0.1, -0.05) is 12.1 Å². The second-order valence-electron chi connectivity index (χ2n) is 6.56. The van der Waals surface area contributed by atoms with Crippen molar-refractivity contribution >= 4 is 11.7 Å². The summed E-state index contributed by atoms with van der Waals surface area (Å²) in [5.74, 6) is 0.957. The van der Waals surface area contributed by atoms with Crippen molar-refractivity contribution in [2.75, 3.05) is 26.6 Å². The number of aromatic nitrogens is 2. The highest BCUT2D eigenvalue weighted by molar-refractivity contribution is 5.94. The molecule has 4 rings (SSSR count). The Morgan fingerprint density at radius 2 is 1.79 bits per heavy atom. The molecule has 1 amide bonds. The monoisotopic (exact) mass is 397 g/mol. The maximum absolute atomic E-state index is 14.3. The number of amides is 1. The van der Waals surface area contributed by atoms with E-state index in [0.29, 0.717) is 34.4 Å². The SMILES string of the molecule is COc1cc([C@@H]2CC(=O)Nc3c2ncn3-c2ccccc2F)cc(OC)c1OC.